The monoisotopic (exact) mass is 180 g/mol. The number of halogens is 1. The molecule has 2 atom stereocenters. The van der Waals surface area contributed by atoms with Crippen molar-refractivity contribution in [3.05, 3.63) is 29.8 Å². The number of para-hydroxylation sites is 1. The Hall–Kier alpha value is -1.05. The Kier molecular flexibility index (Phi) is 2.21. The Morgan fingerprint density at radius 2 is 2.00 bits per heavy atom. The highest BCUT2D eigenvalue weighted by Gasteiger charge is 2.29. The summed E-state index contributed by atoms with van der Waals surface area (Å²) in [5.41, 5.74) is 0.771. The number of alkyl halides is 1. The predicted octanol–water partition coefficient (Wildman–Crippen LogP) is 3.00. The van der Waals surface area contributed by atoms with Gasteiger partial charge in [-0.05, 0) is 30.9 Å². The van der Waals surface area contributed by atoms with Gasteiger partial charge in [0.1, 0.15) is 11.9 Å². The molecule has 2 unspecified atom stereocenters. The summed E-state index contributed by atoms with van der Waals surface area (Å²) in [5.74, 6) is 0.151. The highest BCUT2D eigenvalue weighted by atomic mass is 19.1. The lowest BCUT2D eigenvalue weighted by Crippen LogP contribution is -2.05. The highest BCUT2D eigenvalue weighted by molar-refractivity contribution is 5.36. The van der Waals surface area contributed by atoms with Crippen molar-refractivity contribution >= 4 is 0 Å². The maximum Gasteiger partial charge on any atom is 0.119 e. The van der Waals surface area contributed by atoms with E-state index < -0.39 is 6.17 Å². The Bertz CT molecular complexity index is 298. The minimum Gasteiger partial charge on any atom is -0.508 e. The van der Waals surface area contributed by atoms with Crippen molar-refractivity contribution in [1.82, 2.24) is 0 Å². The molecule has 70 valence electrons. The first kappa shape index (κ1) is 8.54. The van der Waals surface area contributed by atoms with Gasteiger partial charge in [0.2, 0.25) is 0 Å². The van der Waals surface area contributed by atoms with E-state index in [9.17, 15) is 9.50 Å². The predicted molar refractivity (Wildman–Crippen MR) is 49.6 cm³/mol. The molecule has 13 heavy (non-hydrogen) atoms. The molecule has 2 rings (SSSR count). The lowest BCUT2D eigenvalue weighted by molar-refractivity contribution is 0.307. The lowest BCUT2D eigenvalue weighted by atomic mass is 9.96. The van der Waals surface area contributed by atoms with E-state index in [1.54, 1.807) is 12.1 Å². The first-order valence-corrected chi connectivity index (χ1v) is 4.71. The van der Waals surface area contributed by atoms with Crippen molar-refractivity contribution in [3.8, 4) is 5.75 Å². The van der Waals surface area contributed by atoms with Crippen molar-refractivity contribution < 1.29 is 9.50 Å². The van der Waals surface area contributed by atoms with E-state index >= 15 is 0 Å². The maximum absolute atomic E-state index is 13.3. The maximum atomic E-state index is 13.3. The van der Waals surface area contributed by atoms with Crippen LogP contribution in [-0.4, -0.2) is 11.3 Å². The number of rotatable bonds is 1. The molecule has 1 aromatic rings. The Morgan fingerprint density at radius 1 is 1.23 bits per heavy atom. The summed E-state index contributed by atoms with van der Waals surface area (Å²) in [7, 11) is 0. The zero-order valence-corrected chi connectivity index (χ0v) is 7.41. The van der Waals surface area contributed by atoms with Crippen molar-refractivity contribution in [2.45, 2.75) is 31.4 Å². The first-order valence-electron chi connectivity index (χ1n) is 4.71. The minimum atomic E-state index is -0.770. The molecule has 1 N–H and O–H groups in total. The number of phenolic OH excluding ortho intramolecular Hbond substituents is 1. The molecule has 0 saturated heterocycles. The van der Waals surface area contributed by atoms with Crippen molar-refractivity contribution in [3.63, 3.8) is 0 Å². The molecule has 0 amide bonds. The average molecular weight is 180 g/mol. The molecule has 1 aliphatic carbocycles. The second-order valence-electron chi connectivity index (χ2n) is 3.61. The van der Waals surface area contributed by atoms with Crippen LogP contribution in [0.3, 0.4) is 0 Å². The number of benzene rings is 1. The second-order valence-corrected chi connectivity index (χ2v) is 3.61. The normalized spacial score (nSPS) is 27.8. The number of aromatic hydroxyl groups is 1. The molecule has 0 aromatic heterocycles. The fourth-order valence-corrected chi connectivity index (χ4v) is 2.07. The van der Waals surface area contributed by atoms with Crippen LogP contribution in [0.5, 0.6) is 5.75 Å². The van der Waals surface area contributed by atoms with Crippen LogP contribution in [-0.2, 0) is 0 Å². The molecule has 1 aliphatic rings. The first-order chi connectivity index (χ1) is 6.29. The molecule has 0 spiro atoms. The standard InChI is InChI=1S/C11H13FO/c12-10-6-3-5-8(10)9-4-1-2-7-11(9)13/h1-2,4,7-8,10,13H,3,5-6H2. The molecule has 1 nitrogen and oxygen atoms in total. The van der Waals surface area contributed by atoms with Crippen LogP contribution in [0, 0.1) is 0 Å². The average Bonchev–Trinajstić information content (AvgIpc) is 2.52. The molecule has 0 radical (unpaired) electrons. The summed E-state index contributed by atoms with van der Waals surface area (Å²) in [5, 5.41) is 9.52. The van der Waals surface area contributed by atoms with E-state index in [0.717, 1.165) is 18.4 Å². The third-order valence-corrected chi connectivity index (χ3v) is 2.77. The van der Waals surface area contributed by atoms with Gasteiger partial charge in [-0.3, -0.25) is 0 Å². The second kappa shape index (κ2) is 3.36. The van der Waals surface area contributed by atoms with Crippen molar-refractivity contribution in [1.29, 1.82) is 0 Å². The van der Waals surface area contributed by atoms with Crippen LogP contribution in [0.2, 0.25) is 0 Å². The van der Waals surface area contributed by atoms with Gasteiger partial charge >= 0.3 is 0 Å². The van der Waals surface area contributed by atoms with E-state index in [2.05, 4.69) is 0 Å². The number of phenols is 1. The van der Waals surface area contributed by atoms with Gasteiger partial charge in [-0.2, -0.15) is 0 Å². The largest absolute Gasteiger partial charge is 0.508 e. The Labute approximate surface area is 77.2 Å². The van der Waals surface area contributed by atoms with E-state index in [4.69, 9.17) is 0 Å². The van der Waals surface area contributed by atoms with Gasteiger partial charge in [0.15, 0.2) is 0 Å². The summed E-state index contributed by atoms with van der Waals surface area (Å²) in [6.45, 7) is 0. The summed E-state index contributed by atoms with van der Waals surface area (Å²) < 4.78 is 13.3. The van der Waals surface area contributed by atoms with Gasteiger partial charge in [-0.25, -0.2) is 4.39 Å². The molecule has 0 bridgehead atoms. The Morgan fingerprint density at radius 3 is 2.62 bits per heavy atom. The van der Waals surface area contributed by atoms with Crippen LogP contribution < -0.4 is 0 Å². The van der Waals surface area contributed by atoms with Crippen LogP contribution >= 0.6 is 0 Å². The molecule has 2 heteroatoms. The lowest BCUT2D eigenvalue weighted by Gasteiger charge is -2.13. The molecule has 0 aliphatic heterocycles. The molecular formula is C11H13FO. The van der Waals surface area contributed by atoms with Gasteiger partial charge in [-0.1, -0.05) is 18.2 Å². The molecule has 1 fully saturated rings. The Balaban J connectivity index is 2.29. The SMILES string of the molecule is Oc1ccccc1C1CCCC1F. The van der Waals surface area contributed by atoms with E-state index in [0.29, 0.717) is 6.42 Å². The van der Waals surface area contributed by atoms with Gasteiger partial charge in [0.25, 0.3) is 0 Å². The third-order valence-electron chi connectivity index (χ3n) is 2.77. The van der Waals surface area contributed by atoms with Gasteiger partial charge in [0, 0.05) is 5.92 Å². The highest BCUT2D eigenvalue weighted by Crippen LogP contribution is 2.39. The van der Waals surface area contributed by atoms with E-state index in [1.807, 2.05) is 12.1 Å². The third kappa shape index (κ3) is 1.53. The minimum absolute atomic E-state index is 0.0822. The van der Waals surface area contributed by atoms with Gasteiger partial charge in [0.05, 0.1) is 0 Å². The molecule has 1 aromatic carbocycles. The van der Waals surface area contributed by atoms with E-state index in [1.165, 1.54) is 0 Å². The fraction of sp³-hybridized carbons (Fsp3) is 0.455. The number of hydrogen-bond donors (Lipinski definition) is 1. The van der Waals surface area contributed by atoms with Gasteiger partial charge < -0.3 is 5.11 Å². The number of hydrogen-bond acceptors (Lipinski definition) is 1. The van der Waals surface area contributed by atoms with Crippen LogP contribution in [0.4, 0.5) is 4.39 Å². The smallest absolute Gasteiger partial charge is 0.119 e. The fourth-order valence-electron chi connectivity index (χ4n) is 2.07. The molecular weight excluding hydrogens is 167 g/mol. The topological polar surface area (TPSA) is 20.2 Å². The van der Waals surface area contributed by atoms with Crippen LogP contribution in [0.25, 0.3) is 0 Å². The zero-order chi connectivity index (χ0) is 9.26. The summed E-state index contributed by atoms with van der Waals surface area (Å²) in [6.07, 6.45) is 1.66. The molecule has 0 heterocycles. The van der Waals surface area contributed by atoms with Crippen LogP contribution in [0.15, 0.2) is 24.3 Å². The zero-order valence-electron chi connectivity index (χ0n) is 7.41. The summed E-state index contributed by atoms with van der Waals surface area (Å²) >= 11 is 0. The molecule has 1 saturated carbocycles. The quantitative estimate of drug-likeness (QED) is 0.704. The van der Waals surface area contributed by atoms with Crippen LogP contribution in [0.1, 0.15) is 30.7 Å². The van der Waals surface area contributed by atoms with E-state index in [-0.39, 0.29) is 11.7 Å². The summed E-state index contributed by atoms with van der Waals surface area (Å²) in [4.78, 5) is 0. The van der Waals surface area contributed by atoms with Crippen molar-refractivity contribution in [2.75, 3.05) is 0 Å². The van der Waals surface area contributed by atoms with Gasteiger partial charge in [-0.15, -0.1) is 0 Å². The van der Waals surface area contributed by atoms with Crippen molar-refractivity contribution in [2.24, 2.45) is 0 Å². The summed E-state index contributed by atoms with van der Waals surface area (Å²) in [6, 6.07) is 7.05.